The highest BCUT2D eigenvalue weighted by Gasteiger charge is 2.43. The zero-order valence-corrected chi connectivity index (χ0v) is 25.6. The fraction of sp³-hybridized carbons (Fsp3) is 0.0455. The van der Waals surface area contributed by atoms with Crippen LogP contribution in [-0.4, -0.2) is 4.57 Å². The summed E-state index contributed by atoms with van der Waals surface area (Å²) in [5.74, 6) is 0. The SMILES string of the molecule is CC1(c2ccccc2)c2ccccc2-c2ccc3c4ccccc4n(-c4ccc(N(c5ccccc5)c5ccccc5)cc4)c3c21. The van der Waals surface area contributed by atoms with Crippen molar-refractivity contribution in [1.29, 1.82) is 0 Å². The molecule has 0 aliphatic heterocycles. The second-order valence-electron chi connectivity index (χ2n) is 12.3. The third-order valence-corrected chi connectivity index (χ3v) is 9.84. The zero-order chi connectivity index (χ0) is 30.7. The van der Waals surface area contributed by atoms with E-state index in [0.29, 0.717) is 0 Å². The largest absolute Gasteiger partial charge is 0.311 e. The molecule has 1 unspecified atom stereocenters. The Morgan fingerprint density at radius 2 is 1.02 bits per heavy atom. The lowest BCUT2D eigenvalue weighted by molar-refractivity contribution is 0.717. The average Bonchev–Trinajstić information content (AvgIpc) is 3.60. The van der Waals surface area contributed by atoms with Gasteiger partial charge in [-0.3, -0.25) is 0 Å². The van der Waals surface area contributed by atoms with E-state index in [2.05, 4.69) is 192 Å². The van der Waals surface area contributed by atoms with Gasteiger partial charge in [-0.25, -0.2) is 0 Å². The van der Waals surface area contributed by atoms with Crippen LogP contribution in [-0.2, 0) is 5.41 Å². The first-order valence-corrected chi connectivity index (χ1v) is 16.0. The van der Waals surface area contributed by atoms with Crippen LogP contribution in [0.15, 0.2) is 176 Å². The normalized spacial score (nSPS) is 15.2. The Morgan fingerprint density at radius 1 is 0.457 bits per heavy atom. The van der Waals surface area contributed by atoms with E-state index in [9.17, 15) is 0 Å². The van der Waals surface area contributed by atoms with E-state index in [1.54, 1.807) is 0 Å². The number of hydrogen-bond acceptors (Lipinski definition) is 1. The van der Waals surface area contributed by atoms with Gasteiger partial charge in [0.25, 0.3) is 0 Å². The molecule has 1 aliphatic carbocycles. The number of para-hydroxylation sites is 3. The summed E-state index contributed by atoms with van der Waals surface area (Å²) in [5, 5.41) is 2.55. The Balaban J connectivity index is 1.31. The van der Waals surface area contributed by atoms with Crippen LogP contribution in [0.4, 0.5) is 17.1 Å². The van der Waals surface area contributed by atoms with Crippen molar-refractivity contribution in [2.45, 2.75) is 12.3 Å². The zero-order valence-electron chi connectivity index (χ0n) is 25.6. The van der Waals surface area contributed by atoms with Crippen LogP contribution < -0.4 is 4.90 Å². The number of benzene rings is 7. The molecule has 0 fully saturated rings. The van der Waals surface area contributed by atoms with E-state index in [1.165, 1.54) is 49.6 Å². The third-order valence-electron chi connectivity index (χ3n) is 9.84. The van der Waals surface area contributed by atoms with E-state index in [1.807, 2.05) is 0 Å². The van der Waals surface area contributed by atoms with Gasteiger partial charge in [-0.1, -0.05) is 121 Å². The summed E-state index contributed by atoms with van der Waals surface area (Å²) in [7, 11) is 0. The van der Waals surface area contributed by atoms with Gasteiger partial charge in [0, 0.05) is 38.9 Å². The fourth-order valence-electron chi connectivity index (χ4n) is 7.77. The first kappa shape index (κ1) is 26.5. The molecule has 0 saturated heterocycles. The minimum atomic E-state index is -0.309. The molecule has 1 heterocycles. The van der Waals surface area contributed by atoms with Crippen molar-refractivity contribution in [2.75, 3.05) is 4.90 Å². The van der Waals surface area contributed by atoms with Crippen molar-refractivity contribution in [3.63, 3.8) is 0 Å². The monoisotopic (exact) mass is 588 g/mol. The summed E-state index contributed by atoms with van der Waals surface area (Å²) in [4.78, 5) is 2.32. The molecule has 8 aromatic rings. The molecule has 2 nitrogen and oxygen atoms in total. The van der Waals surface area contributed by atoms with Gasteiger partial charge in [0.1, 0.15) is 0 Å². The van der Waals surface area contributed by atoms with Crippen molar-refractivity contribution in [3.8, 4) is 16.8 Å². The minimum Gasteiger partial charge on any atom is -0.311 e. The van der Waals surface area contributed by atoms with E-state index >= 15 is 0 Å². The molecule has 9 rings (SSSR count). The van der Waals surface area contributed by atoms with E-state index < -0.39 is 0 Å². The number of rotatable bonds is 5. The first-order chi connectivity index (χ1) is 22.7. The molecule has 2 heteroatoms. The molecule has 1 aromatic heterocycles. The second kappa shape index (κ2) is 10.4. The number of nitrogens with zero attached hydrogens (tertiary/aromatic N) is 2. The highest BCUT2D eigenvalue weighted by Crippen LogP contribution is 2.55. The van der Waals surface area contributed by atoms with Gasteiger partial charge in [0.15, 0.2) is 0 Å². The highest BCUT2D eigenvalue weighted by atomic mass is 15.1. The van der Waals surface area contributed by atoms with Crippen LogP contribution in [0.1, 0.15) is 23.6 Å². The molecular formula is C44H32N2. The lowest BCUT2D eigenvalue weighted by Gasteiger charge is -2.29. The van der Waals surface area contributed by atoms with E-state index in [4.69, 9.17) is 0 Å². The molecule has 0 amide bonds. The van der Waals surface area contributed by atoms with Crippen molar-refractivity contribution < 1.29 is 0 Å². The van der Waals surface area contributed by atoms with Crippen LogP contribution in [0.2, 0.25) is 0 Å². The Bertz CT molecular complexity index is 2310. The van der Waals surface area contributed by atoms with E-state index in [0.717, 1.165) is 22.7 Å². The van der Waals surface area contributed by atoms with Crippen LogP contribution in [0.3, 0.4) is 0 Å². The molecule has 218 valence electrons. The Labute approximate surface area is 269 Å². The maximum atomic E-state index is 2.50. The van der Waals surface area contributed by atoms with Crippen LogP contribution in [0, 0.1) is 0 Å². The van der Waals surface area contributed by atoms with Crippen molar-refractivity contribution in [3.05, 3.63) is 193 Å². The van der Waals surface area contributed by atoms with Gasteiger partial charge < -0.3 is 9.47 Å². The molecule has 0 N–H and O–H groups in total. The Morgan fingerprint density at radius 3 is 1.72 bits per heavy atom. The molecule has 0 saturated carbocycles. The molecule has 0 radical (unpaired) electrons. The molecule has 0 spiro atoms. The third kappa shape index (κ3) is 3.83. The summed E-state index contributed by atoms with van der Waals surface area (Å²) in [5.41, 5.74) is 13.4. The molecule has 46 heavy (non-hydrogen) atoms. The lowest BCUT2D eigenvalue weighted by Crippen LogP contribution is -2.23. The predicted octanol–water partition coefficient (Wildman–Crippen LogP) is 11.6. The number of aromatic nitrogens is 1. The summed E-state index contributed by atoms with van der Waals surface area (Å²) in [6.45, 7) is 2.41. The quantitative estimate of drug-likeness (QED) is 0.194. The summed E-state index contributed by atoms with van der Waals surface area (Å²) < 4.78 is 2.50. The van der Waals surface area contributed by atoms with Crippen molar-refractivity contribution in [2.24, 2.45) is 0 Å². The predicted molar refractivity (Wildman–Crippen MR) is 193 cm³/mol. The van der Waals surface area contributed by atoms with Crippen molar-refractivity contribution in [1.82, 2.24) is 4.57 Å². The standard InChI is InChI=1S/C44H32N2/c1-44(31-15-5-2-6-16-31)40-23-13-11-21-36(40)38-29-30-39-37-22-12-14-24-41(37)46(43(39)42(38)44)35-27-25-34(26-28-35)45(32-17-7-3-8-18-32)33-19-9-4-10-20-33/h2-30H,1H3. The molecular weight excluding hydrogens is 556 g/mol. The van der Waals surface area contributed by atoms with Gasteiger partial charge >= 0.3 is 0 Å². The van der Waals surface area contributed by atoms with Crippen LogP contribution in [0.25, 0.3) is 38.6 Å². The Hall–Kier alpha value is -5.86. The second-order valence-corrected chi connectivity index (χ2v) is 12.3. The van der Waals surface area contributed by atoms with Crippen molar-refractivity contribution >= 4 is 38.9 Å². The number of fused-ring (bicyclic) bond motifs is 7. The Kier molecular flexibility index (Phi) is 5.97. The van der Waals surface area contributed by atoms with Gasteiger partial charge in [-0.15, -0.1) is 0 Å². The van der Waals surface area contributed by atoms with Crippen LogP contribution >= 0.6 is 0 Å². The smallest absolute Gasteiger partial charge is 0.0591 e. The number of hydrogen-bond donors (Lipinski definition) is 0. The minimum absolute atomic E-state index is 0.309. The fourth-order valence-corrected chi connectivity index (χ4v) is 7.77. The van der Waals surface area contributed by atoms with Gasteiger partial charge in [-0.05, 0) is 89.3 Å². The molecule has 1 aliphatic rings. The van der Waals surface area contributed by atoms with Gasteiger partial charge in [-0.2, -0.15) is 0 Å². The first-order valence-electron chi connectivity index (χ1n) is 16.0. The summed E-state index contributed by atoms with van der Waals surface area (Å²) in [6.07, 6.45) is 0. The molecule has 0 bridgehead atoms. The maximum Gasteiger partial charge on any atom is 0.0591 e. The maximum absolute atomic E-state index is 2.50. The highest BCUT2D eigenvalue weighted by molar-refractivity contribution is 6.13. The molecule has 7 aromatic carbocycles. The summed E-state index contributed by atoms with van der Waals surface area (Å²) in [6, 6.07) is 63.8. The van der Waals surface area contributed by atoms with Gasteiger partial charge in [0.2, 0.25) is 0 Å². The average molecular weight is 589 g/mol. The molecule has 1 atom stereocenters. The number of anilines is 3. The van der Waals surface area contributed by atoms with Gasteiger partial charge in [0.05, 0.1) is 11.0 Å². The topological polar surface area (TPSA) is 8.17 Å². The summed E-state index contributed by atoms with van der Waals surface area (Å²) >= 11 is 0. The van der Waals surface area contributed by atoms with Crippen LogP contribution in [0.5, 0.6) is 0 Å². The van der Waals surface area contributed by atoms with E-state index in [-0.39, 0.29) is 5.41 Å². The lowest BCUT2D eigenvalue weighted by atomic mass is 9.73.